The maximum Gasteiger partial charge on any atom is 0.165 e. The summed E-state index contributed by atoms with van der Waals surface area (Å²) in [6.45, 7) is 0.708. The van der Waals surface area contributed by atoms with Gasteiger partial charge in [0.05, 0.1) is 17.1 Å². The van der Waals surface area contributed by atoms with Crippen molar-refractivity contribution in [2.24, 2.45) is 9.98 Å². The number of phenolic OH excluding ortho intramolecular Hbond substituents is 1. The molecule has 5 rings (SSSR count). The van der Waals surface area contributed by atoms with Gasteiger partial charge in [0, 0.05) is 51.8 Å². The molecule has 1 unspecified atom stereocenters. The van der Waals surface area contributed by atoms with E-state index >= 15 is 0 Å². The first-order valence-corrected chi connectivity index (χ1v) is 10.7. The van der Waals surface area contributed by atoms with E-state index in [0.717, 1.165) is 32.6 Å². The van der Waals surface area contributed by atoms with Gasteiger partial charge in [0.2, 0.25) is 0 Å². The molecule has 6 nitrogen and oxygen atoms in total. The van der Waals surface area contributed by atoms with E-state index in [2.05, 4.69) is 48.2 Å². The van der Waals surface area contributed by atoms with Crippen LogP contribution in [0.25, 0.3) is 5.57 Å². The highest BCUT2D eigenvalue weighted by atomic mass is 79.9. The number of nitrogens with one attached hydrogen (secondary N) is 1. The Morgan fingerprint density at radius 3 is 2.93 bits per heavy atom. The second kappa shape index (κ2) is 6.14. The Morgan fingerprint density at radius 1 is 1.37 bits per heavy atom. The maximum absolute atomic E-state index is 11.0. The number of hydrogen-bond donors (Lipinski definition) is 3. The van der Waals surface area contributed by atoms with Crippen molar-refractivity contribution >= 4 is 55.0 Å². The summed E-state index contributed by atoms with van der Waals surface area (Å²) in [6.07, 6.45) is 5.24. The Kier molecular flexibility index (Phi) is 4.06. The minimum atomic E-state index is -0.600. The molecule has 0 fully saturated rings. The number of rotatable bonds is 1. The standard InChI is InChI=1S/C19H19Br2N3O3/c1-27-11-6-19(4-9(20)17(25)10(21)5-19)13-14-12-8(2-3-22-14)7-23-15(12)18(26)16(13)24-11/h4,7,10-11,17,24-26H,2-3,5-6H2,1H3/t10-,11?,17+,19-/m0/s1. The van der Waals surface area contributed by atoms with Gasteiger partial charge in [-0.15, -0.1) is 0 Å². The molecule has 0 aromatic heterocycles. The first-order valence-electron chi connectivity index (χ1n) is 8.96. The fourth-order valence-corrected chi connectivity index (χ4v) is 6.73. The maximum atomic E-state index is 11.0. The van der Waals surface area contributed by atoms with Gasteiger partial charge in [-0.1, -0.05) is 37.9 Å². The largest absolute Gasteiger partial charge is 0.504 e. The van der Waals surface area contributed by atoms with E-state index in [1.54, 1.807) is 7.11 Å². The van der Waals surface area contributed by atoms with Crippen LogP contribution in [0.3, 0.4) is 0 Å². The van der Waals surface area contributed by atoms with Crippen LogP contribution in [0.4, 0.5) is 11.4 Å². The van der Waals surface area contributed by atoms with Crippen molar-refractivity contribution in [3.8, 4) is 5.75 Å². The number of halogens is 2. The highest BCUT2D eigenvalue weighted by Gasteiger charge is 2.48. The van der Waals surface area contributed by atoms with Gasteiger partial charge in [0.1, 0.15) is 11.9 Å². The summed E-state index contributed by atoms with van der Waals surface area (Å²) in [5.74, 6) is 0.148. The second-order valence-corrected chi connectivity index (χ2v) is 9.60. The van der Waals surface area contributed by atoms with Crippen molar-refractivity contribution in [1.82, 2.24) is 0 Å². The zero-order valence-electron chi connectivity index (χ0n) is 14.7. The Bertz CT molecular complexity index is 1040. The molecule has 0 bridgehead atoms. The zero-order chi connectivity index (χ0) is 18.9. The summed E-state index contributed by atoms with van der Waals surface area (Å²) in [5.41, 5.74) is 2.91. The Labute approximate surface area is 173 Å². The van der Waals surface area contributed by atoms with Gasteiger partial charge in [-0.2, -0.15) is 0 Å². The number of aromatic hydroxyl groups is 1. The molecular formula is C19H19Br2N3O3. The number of hydrogen-bond acceptors (Lipinski definition) is 6. The number of phenols is 1. The minimum absolute atomic E-state index is 0.119. The lowest BCUT2D eigenvalue weighted by Gasteiger charge is -2.45. The van der Waals surface area contributed by atoms with Crippen LogP contribution in [0, 0.1) is 0 Å². The predicted molar refractivity (Wildman–Crippen MR) is 111 cm³/mol. The quantitative estimate of drug-likeness (QED) is 0.410. The molecule has 3 aliphatic heterocycles. The fourth-order valence-electron chi connectivity index (χ4n) is 4.75. The molecule has 0 saturated carbocycles. The average Bonchev–Trinajstić information content (AvgIpc) is 3.09. The summed E-state index contributed by atoms with van der Waals surface area (Å²) in [7, 11) is 1.65. The molecule has 0 saturated heterocycles. The molecule has 1 aromatic carbocycles. The first-order chi connectivity index (χ1) is 12.9. The van der Waals surface area contributed by atoms with E-state index in [0.29, 0.717) is 30.8 Å². The lowest BCUT2D eigenvalue weighted by molar-refractivity contribution is 0.0877. The van der Waals surface area contributed by atoms with Crippen molar-refractivity contribution in [3.63, 3.8) is 0 Å². The van der Waals surface area contributed by atoms with Crippen LogP contribution in [0.1, 0.15) is 24.8 Å². The number of aliphatic imine (C=N–C) groups is 1. The van der Waals surface area contributed by atoms with E-state index in [1.165, 1.54) is 0 Å². The van der Waals surface area contributed by atoms with Crippen molar-refractivity contribution < 1.29 is 14.9 Å². The SMILES string of the molecule is COC1C[C@@]2(C=C(Br)[C@@H](O)[C@@H](Br)C2)c2c(c(O)c3c4c2=NCCC=4C=N3)N1. The third-order valence-corrected chi connectivity index (χ3v) is 7.50. The van der Waals surface area contributed by atoms with Crippen molar-refractivity contribution in [3.05, 3.63) is 26.7 Å². The van der Waals surface area contributed by atoms with Crippen LogP contribution < -0.4 is 15.9 Å². The molecule has 27 heavy (non-hydrogen) atoms. The number of allylic oxidation sites excluding steroid dienone is 1. The van der Waals surface area contributed by atoms with Crippen LogP contribution in [-0.4, -0.2) is 47.2 Å². The summed E-state index contributed by atoms with van der Waals surface area (Å²) in [5, 5.41) is 26.7. The van der Waals surface area contributed by atoms with Gasteiger partial charge >= 0.3 is 0 Å². The smallest absolute Gasteiger partial charge is 0.165 e. The molecule has 1 aliphatic carbocycles. The van der Waals surface area contributed by atoms with Crippen LogP contribution >= 0.6 is 31.9 Å². The molecule has 3 N–H and O–H groups in total. The normalized spacial score (nSPS) is 33.3. The summed E-state index contributed by atoms with van der Waals surface area (Å²) in [4.78, 5) is 9.19. The van der Waals surface area contributed by atoms with E-state index < -0.39 is 11.5 Å². The van der Waals surface area contributed by atoms with Crippen molar-refractivity contribution in [2.75, 3.05) is 19.0 Å². The Hall–Kier alpha value is -1.22. The topological polar surface area (TPSA) is 86.4 Å². The number of nitrogens with zero attached hydrogens (tertiary/aromatic N) is 2. The lowest BCUT2D eigenvalue weighted by atomic mass is 9.67. The molecule has 0 radical (unpaired) electrons. The number of aliphatic hydroxyl groups excluding tert-OH is 1. The Balaban J connectivity index is 1.89. The molecule has 0 amide bonds. The number of methoxy groups -OCH3 is 1. The summed E-state index contributed by atoms with van der Waals surface area (Å²) in [6, 6.07) is 0. The van der Waals surface area contributed by atoms with Crippen molar-refractivity contribution in [1.29, 1.82) is 0 Å². The van der Waals surface area contributed by atoms with Gasteiger partial charge < -0.3 is 20.3 Å². The summed E-state index contributed by atoms with van der Waals surface area (Å²) >= 11 is 7.19. The molecule has 142 valence electrons. The Morgan fingerprint density at radius 2 is 2.19 bits per heavy atom. The number of alkyl halides is 1. The number of anilines is 1. The van der Waals surface area contributed by atoms with E-state index in [-0.39, 0.29) is 16.8 Å². The highest BCUT2D eigenvalue weighted by molar-refractivity contribution is 9.12. The van der Waals surface area contributed by atoms with Gasteiger partial charge in [-0.25, -0.2) is 0 Å². The first kappa shape index (κ1) is 17.8. The molecule has 1 spiro atoms. The van der Waals surface area contributed by atoms with E-state index in [1.807, 2.05) is 6.21 Å². The second-order valence-electron chi connectivity index (χ2n) is 7.51. The number of fused-ring (bicyclic) bond motifs is 3. The van der Waals surface area contributed by atoms with Gasteiger partial charge in [0.25, 0.3) is 0 Å². The number of aliphatic hydroxyl groups is 1. The van der Waals surface area contributed by atoms with Gasteiger partial charge in [0.15, 0.2) is 5.75 Å². The van der Waals surface area contributed by atoms with Gasteiger partial charge in [-0.05, 0) is 18.4 Å². The average molecular weight is 497 g/mol. The van der Waals surface area contributed by atoms with Gasteiger partial charge in [-0.3, -0.25) is 9.98 Å². The van der Waals surface area contributed by atoms with E-state index in [9.17, 15) is 10.2 Å². The lowest BCUT2D eigenvalue weighted by Crippen LogP contribution is -2.51. The fraction of sp³-hybridized carbons (Fsp3) is 0.474. The molecule has 8 heteroatoms. The monoisotopic (exact) mass is 495 g/mol. The zero-order valence-corrected chi connectivity index (χ0v) is 17.8. The molecule has 1 aromatic rings. The third kappa shape index (κ3) is 2.43. The molecular weight excluding hydrogens is 478 g/mol. The number of ether oxygens (including phenoxy) is 1. The molecule has 3 heterocycles. The minimum Gasteiger partial charge on any atom is -0.504 e. The van der Waals surface area contributed by atoms with Crippen molar-refractivity contribution in [2.45, 2.75) is 41.8 Å². The third-order valence-electron chi connectivity index (χ3n) is 5.98. The highest BCUT2D eigenvalue weighted by Crippen LogP contribution is 2.51. The van der Waals surface area contributed by atoms with Crippen LogP contribution in [0.15, 0.2) is 20.5 Å². The molecule has 4 aliphatic rings. The molecule has 4 atom stereocenters. The number of benzene rings is 1. The summed E-state index contributed by atoms with van der Waals surface area (Å²) < 4.78 is 6.37. The van der Waals surface area contributed by atoms with Crippen LogP contribution in [0.2, 0.25) is 0 Å². The van der Waals surface area contributed by atoms with E-state index in [4.69, 9.17) is 9.73 Å². The van der Waals surface area contributed by atoms with Crippen LogP contribution in [-0.2, 0) is 10.2 Å². The van der Waals surface area contributed by atoms with Crippen LogP contribution in [0.5, 0.6) is 5.75 Å². The predicted octanol–water partition coefficient (Wildman–Crippen LogP) is 2.11.